The third-order valence-electron chi connectivity index (χ3n) is 3.12. The molecular weight excluding hydrogens is 288 g/mol. The second kappa shape index (κ2) is 6.80. The summed E-state index contributed by atoms with van der Waals surface area (Å²) in [7, 11) is -3.72. The van der Waals surface area contributed by atoms with E-state index in [-0.39, 0.29) is 5.03 Å². The van der Waals surface area contributed by atoms with Crippen LogP contribution in [-0.2, 0) is 16.4 Å². The van der Waals surface area contributed by atoms with Crippen LogP contribution in [0.3, 0.4) is 0 Å². The summed E-state index contributed by atoms with van der Waals surface area (Å²) >= 11 is 0. The fourth-order valence-electron chi connectivity index (χ4n) is 1.92. The van der Waals surface area contributed by atoms with Crippen LogP contribution in [0.5, 0.6) is 0 Å². The van der Waals surface area contributed by atoms with Gasteiger partial charge in [0.15, 0.2) is 5.03 Å². The molecule has 0 bridgehead atoms. The van der Waals surface area contributed by atoms with Crippen molar-refractivity contribution in [2.75, 3.05) is 0 Å². The van der Waals surface area contributed by atoms with Crippen LogP contribution >= 0.6 is 0 Å². The van der Waals surface area contributed by atoms with E-state index in [9.17, 15) is 13.5 Å². The molecule has 0 saturated heterocycles. The Labute approximate surface area is 124 Å². The molecule has 2 N–H and O–H groups in total. The molecule has 6 heteroatoms. The lowest BCUT2D eigenvalue weighted by atomic mass is 10.0. The first kappa shape index (κ1) is 15.6. The maximum absolute atomic E-state index is 12.1. The van der Waals surface area contributed by atoms with Crippen molar-refractivity contribution in [1.82, 2.24) is 9.71 Å². The first-order chi connectivity index (χ1) is 9.99. The van der Waals surface area contributed by atoms with Gasteiger partial charge >= 0.3 is 0 Å². The number of benzene rings is 1. The molecule has 5 nitrogen and oxygen atoms in total. The quantitative estimate of drug-likeness (QED) is 0.844. The zero-order valence-corrected chi connectivity index (χ0v) is 12.5. The molecule has 0 saturated carbocycles. The van der Waals surface area contributed by atoms with E-state index in [4.69, 9.17) is 0 Å². The Morgan fingerprint density at radius 1 is 1.14 bits per heavy atom. The number of hydrogen-bond donors (Lipinski definition) is 2. The molecule has 112 valence electrons. The zero-order valence-electron chi connectivity index (χ0n) is 11.7. The number of aliphatic hydroxyl groups excluding tert-OH is 1. The van der Waals surface area contributed by atoms with Crippen molar-refractivity contribution >= 4 is 10.0 Å². The average molecular weight is 306 g/mol. The summed E-state index contributed by atoms with van der Waals surface area (Å²) in [6.45, 7) is 1.63. The molecule has 0 radical (unpaired) electrons. The standard InChI is InChI=1S/C15H18N2O3S/c1-12(14(18)11-13-7-3-2-4-8-13)17-21(19,20)15-9-5-6-10-16-15/h2-10,12,14,17-18H,11H2,1H3. The highest BCUT2D eigenvalue weighted by atomic mass is 32.2. The third-order valence-corrected chi connectivity index (χ3v) is 4.59. The first-order valence-electron chi connectivity index (χ1n) is 6.64. The minimum absolute atomic E-state index is 0.0521. The van der Waals surface area contributed by atoms with E-state index < -0.39 is 22.2 Å². The van der Waals surface area contributed by atoms with Gasteiger partial charge in [-0.25, -0.2) is 18.1 Å². The molecule has 0 fully saturated rings. The molecule has 2 atom stereocenters. The molecule has 21 heavy (non-hydrogen) atoms. The Balaban J connectivity index is 2.02. The molecule has 2 unspecified atom stereocenters. The molecule has 0 aliphatic heterocycles. The van der Waals surface area contributed by atoms with Crippen LogP contribution in [0.4, 0.5) is 0 Å². The van der Waals surface area contributed by atoms with Crippen LogP contribution in [0.15, 0.2) is 59.8 Å². The van der Waals surface area contributed by atoms with Gasteiger partial charge in [-0.05, 0) is 31.0 Å². The number of sulfonamides is 1. The fourth-order valence-corrected chi connectivity index (χ4v) is 3.15. The predicted molar refractivity (Wildman–Crippen MR) is 80.2 cm³/mol. The topological polar surface area (TPSA) is 79.3 Å². The maximum Gasteiger partial charge on any atom is 0.258 e. The van der Waals surface area contributed by atoms with Crippen LogP contribution < -0.4 is 4.72 Å². The van der Waals surface area contributed by atoms with E-state index in [1.54, 1.807) is 19.1 Å². The minimum atomic E-state index is -3.72. The Morgan fingerprint density at radius 2 is 1.81 bits per heavy atom. The van der Waals surface area contributed by atoms with Gasteiger partial charge in [0, 0.05) is 12.2 Å². The van der Waals surface area contributed by atoms with Crippen molar-refractivity contribution in [2.45, 2.75) is 30.5 Å². The van der Waals surface area contributed by atoms with E-state index in [0.29, 0.717) is 6.42 Å². The highest BCUT2D eigenvalue weighted by molar-refractivity contribution is 7.89. The van der Waals surface area contributed by atoms with E-state index in [1.807, 2.05) is 30.3 Å². The van der Waals surface area contributed by atoms with Gasteiger partial charge in [0.05, 0.1) is 6.10 Å². The molecule has 0 aliphatic rings. The highest BCUT2D eigenvalue weighted by Gasteiger charge is 2.23. The maximum atomic E-state index is 12.1. The van der Waals surface area contributed by atoms with E-state index in [1.165, 1.54) is 12.3 Å². The van der Waals surface area contributed by atoms with Gasteiger partial charge in [-0.1, -0.05) is 36.4 Å². The number of hydrogen-bond acceptors (Lipinski definition) is 4. The van der Waals surface area contributed by atoms with E-state index >= 15 is 0 Å². The number of pyridine rings is 1. The van der Waals surface area contributed by atoms with Crippen LogP contribution in [0.1, 0.15) is 12.5 Å². The van der Waals surface area contributed by atoms with Crippen molar-refractivity contribution < 1.29 is 13.5 Å². The molecule has 1 heterocycles. The molecule has 1 aromatic heterocycles. The van der Waals surface area contributed by atoms with Crippen LogP contribution in [-0.4, -0.2) is 30.7 Å². The normalized spacial score (nSPS) is 14.6. The first-order valence-corrected chi connectivity index (χ1v) is 8.13. The van der Waals surface area contributed by atoms with Crippen molar-refractivity contribution in [2.24, 2.45) is 0 Å². The highest BCUT2D eigenvalue weighted by Crippen LogP contribution is 2.09. The summed E-state index contributed by atoms with van der Waals surface area (Å²) in [5, 5.41) is 10.1. The van der Waals surface area contributed by atoms with E-state index in [2.05, 4.69) is 9.71 Å². The van der Waals surface area contributed by atoms with Crippen molar-refractivity contribution in [3.63, 3.8) is 0 Å². The summed E-state index contributed by atoms with van der Waals surface area (Å²) < 4.78 is 26.7. The lowest BCUT2D eigenvalue weighted by molar-refractivity contribution is 0.144. The number of nitrogens with zero attached hydrogens (tertiary/aromatic N) is 1. The molecule has 2 aromatic rings. The Kier molecular flexibility index (Phi) is 5.06. The molecular formula is C15H18N2O3S. The SMILES string of the molecule is CC(NS(=O)(=O)c1ccccn1)C(O)Cc1ccccc1. The van der Waals surface area contributed by atoms with Crippen molar-refractivity contribution in [1.29, 1.82) is 0 Å². The smallest absolute Gasteiger partial charge is 0.258 e. The summed E-state index contributed by atoms with van der Waals surface area (Å²) in [5.41, 5.74) is 0.953. The number of aromatic nitrogens is 1. The number of nitrogens with one attached hydrogen (secondary N) is 1. The lowest BCUT2D eigenvalue weighted by Crippen LogP contribution is -2.42. The van der Waals surface area contributed by atoms with Gasteiger partial charge in [-0.15, -0.1) is 0 Å². The lowest BCUT2D eigenvalue weighted by Gasteiger charge is -2.20. The summed E-state index contributed by atoms with van der Waals surface area (Å²) in [6.07, 6.45) is 0.984. The minimum Gasteiger partial charge on any atom is -0.391 e. The predicted octanol–water partition coefficient (Wildman–Crippen LogP) is 1.35. The van der Waals surface area contributed by atoms with Gasteiger partial charge < -0.3 is 5.11 Å². The average Bonchev–Trinajstić information content (AvgIpc) is 2.48. The Morgan fingerprint density at radius 3 is 2.43 bits per heavy atom. The molecule has 0 amide bonds. The Hall–Kier alpha value is -1.76. The molecule has 1 aromatic carbocycles. The number of aliphatic hydroxyl groups is 1. The number of rotatable bonds is 6. The summed E-state index contributed by atoms with van der Waals surface area (Å²) in [5.74, 6) is 0. The molecule has 2 rings (SSSR count). The summed E-state index contributed by atoms with van der Waals surface area (Å²) in [4.78, 5) is 3.81. The van der Waals surface area contributed by atoms with E-state index in [0.717, 1.165) is 5.56 Å². The van der Waals surface area contributed by atoms with Crippen LogP contribution in [0, 0.1) is 0 Å². The van der Waals surface area contributed by atoms with Crippen LogP contribution in [0.25, 0.3) is 0 Å². The largest absolute Gasteiger partial charge is 0.391 e. The van der Waals surface area contributed by atoms with Gasteiger partial charge in [0.2, 0.25) is 0 Å². The van der Waals surface area contributed by atoms with Gasteiger partial charge in [0.25, 0.3) is 10.0 Å². The fraction of sp³-hybridized carbons (Fsp3) is 0.267. The molecule has 0 spiro atoms. The summed E-state index contributed by atoms with van der Waals surface area (Å²) in [6, 6.07) is 13.5. The second-order valence-corrected chi connectivity index (χ2v) is 6.50. The Bertz CT molecular complexity index is 660. The van der Waals surface area contributed by atoms with Gasteiger partial charge in [-0.2, -0.15) is 0 Å². The van der Waals surface area contributed by atoms with Crippen molar-refractivity contribution in [3.05, 3.63) is 60.3 Å². The molecule has 0 aliphatic carbocycles. The van der Waals surface area contributed by atoms with Gasteiger partial charge in [-0.3, -0.25) is 0 Å². The third kappa shape index (κ3) is 4.35. The van der Waals surface area contributed by atoms with Crippen LogP contribution in [0.2, 0.25) is 0 Å². The van der Waals surface area contributed by atoms with Gasteiger partial charge in [0.1, 0.15) is 0 Å². The zero-order chi connectivity index (χ0) is 15.3. The monoisotopic (exact) mass is 306 g/mol. The van der Waals surface area contributed by atoms with Crippen molar-refractivity contribution in [3.8, 4) is 0 Å². The second-order valence-electron chi connectivity index (χ2n) is 4.84.